The second-order valence-corrected chi connectivity index (χ2v) is 8.97. The first kappa shape index (κ1) is 24.7. The van der Waals surface area contributed by atoms with Gasteiger partial charge in [0.15, 0.2) is 0 Å². The fourth-order valence-electron chi connectivity index (χ4n) is 4.82. The number of hydrogen-bond donors (Lipinski definition) is 3. The number of carbonyl (C=O) groups is 3. The van der Waals surface area contributed by atoms with Crippen LogP contribution in [0.5, 0.6) is 0 Å². The fourth-order valence-corrected chi connectivity index (χ4v) is 4.82. The SMILES string of the molecule is O=C(O)CN1CCCN(C(=O)CC(O)CNC(=O)OCC2c3ccccc3-c3ccccc32)CC1. The largest absolute Gasteiger partial charge is 0.480 e. The van der Waals surface area contributed by atoms with Crippen LogP contribution in [0.4, 0.5) is 4.79 Å². The number of fused-ring (bicyclic) bond motifs is 3. The second kappa shape index (κ2) is 11.3. The number of aliphatic carboxylic acids is 1. The first-order chi connectivity index (χ1) is 16.9. The number of carbonyl (C=O) groups excluding carboxylic acids is 2. The molecule has 9 heteroatoms. The van der Waals surface area contributed by atoms with Crippen LogP contribution in [0.3, 0.4) is 0 Å². The van der Waals surface area contributed by atoms with Crippen molar-refractivity contribution in [2.75, 3.05) is 45.9 Å². The topological polar surface area (TPSA) is 119 Å². The van der Waals surface area contributed by atoms with Crippen LogP contribution in [-0.4, -0.2) is 90.0 Å². The van der Waals surface area contributed by atoms with Gasteiger partial charge in [-0.25, -0.2) is 4.79 Å². The zero-order chi connectivity index (χ0) is 24.8. The van der Waals surface area contributed by atoms with Crippen LogP contribution in [0.25, 0.3) is 11.1 Å². The highest BCUT2D eigenvalue weighted by molar-refractivity contribution is 5.79. The van der Waals surface area contributed by atoms with Gasteiger partial charge in [0.25, 0.3) is 0 Å². The number of rotatable bonds is 8. The van der Waals surface area contributed by atoms with E-state index in [-0.39, 0.29) is 37.9 Å². The number of ether oxygens (including phenoxy) is 1. The molecule has 186 valence electrons. The average Bonchev–Trinajstić information content (AvgIpc) is 2.97. The quantitative estimate of drug-likeness (QED) is 0.527. The molecule has 0 spiro atoms. The summed E-state index contributed by atoms with van der Waals surface area (Å²) in [5, 5.41) is 21.8. The van der Waals surface area contributed by atoms with E-state index < -0.39 is 18.2 Å². The van der Waals surface area contributed by atoms with Gasteiger partial charge < -0.3 is 25.2 Å². The summed E-state index contributed by atoms with van der Waals surface area (Å²) in [6.07, 6.45) is -1.13. The van der Waals surface area contributed by atoms with Gasteiger partial charge in [-0.05, 0) is 28.7 Å². The maximum atomic E-state index is 12.6. The molecule has 2 aromatic rings. The zero-order valence-corrected chi connectivity index (χ0v) is 19.6. The molecule has 2 amide bonds. The highest BCUT2D eigenvalue weighted by atomic mass is 16.5. The molecule has 1 fully saturated rings. The maximum Gasteiger partial charge on any atom is 0.407 e. The number of carboxylic acids is 1. The predicted molar refractivity (Wildman–Crippen MR) is 129 cm³/mol. The molecule has 1 atom stereocenters. The zero-order valence-electron chi connectivity index (χ0n) is 19.6. The summed E-state index contributed by atoms with van der Waals surface area (Å²) in [4.78, 5) is 39.2. The van der Waals surface area contributed by atoms with Crippen molar-refractivity contribution in [1.82, 2.24) is 15.1 Å². The van der Waals surface area contributed by atoms with Crippen molar-refractivity contribution in [2.24, 2.45) is 0 Å². The molecule has 2 aromatic carbocycles. The van der Waals surface area contributed by atoms with Crippen LogP contribution in [0.15, 0.2) is 48.5 Å². The third-order valence-corrected chi connectivity index (χ3v) is 6.54. The second-order valence-electron chi connectivity index (χ2n) is 8.97. The highest BCUT2D eigenvalue weighted by Gasteiger charge is 2.29. The Bertz CT molecular complexity index is 1030. The Hall–Kier alpha value is -3.43. The Balaban J connectivity index is 1.22. The molecule has 0 saturated carbocycles. The van der Waals surface area contributed by atoms with Gasteiger partial charge in [0.05, 0.1) is 19.1 Å². The minimum atomic E-state index is -1.04. The number of nitrogens with zero attached hydrogens (tertiary/aromatic N) is 2. The number of carboxylic acid groups (broad SMARTS) is 1. The van der Waals surface area contributed by atoms with Crippen molar-refractivity contribution in [3.63, 3.8) is 0 Å². The first-order valence-corrected chi connectivity index (χ1v) is 11.9. The Kier molecular flexibility index (Phi) is 7.99. The van der Waals surface area contributed by atoms with E-state index in [0.29, 0.717) is 32.6 Å². The van der Waals surface area contributed by atoms with E-state index in [1.54, 1.807) is 9.80 Å². The van der Waals surface area contributed by atoms with E-state index in [1.807, 2.05) is 36.4 Å². The number of amides is 2. The molecule has 35 heavy (non-hydrogen) atoms. The van der Waals surface area contributed by atoms with E-state index in [2.05, 4.69) is 17.4 Å². The predicted octanol–water partition coefficient (Wildman–Crippen LogP) is 1.90. The van der Waals surface area contributed by atoms with Gasteiger partial charge in [0.1, 0.15) is 6.61 Å². The molecule has 0 radical (unpaired) electrons. The number of aliphatic hydroxyl groups excluding tert-OH is 1. The van der Waals surface area contributed by atoms with E-state index in [4.69, 9.17) is 9.84 Å². The third kappa shape index (κ3) is 6.17. The Morgan fingerprint density at radius 3 is 2.29 bits per heavy atom. The number of alkyl carbamates (subject to hydrolysis) is 1. The van der Waals surface area contributed by atoms with Crippen molar-refractivity contribution in [1.29, 1.82) is 0 Å². The summed E-state index contributed by atoms with van der Waals surface area (Å²) in [6.45, 7) is 2.06. The van der Waals surface area contributed by atoms with E-state index in [1.165, 1.54) is 0 Å². The summed E-state index contributed by atoms with van der Waals surface area (Å²) in [6, 6.07) is 16.1. The van der Waals surface area contributed by atoms with Crippen molar-refractivity contribution < 1.29 is 29.3 Å². The van der Waals surface area contributed by atoms with E-state index in [9.17, 15) is 19.5 Å². The molecule has 0 bridgehead atoms. The van der Waals surface area contributed by atoms with Gasteiger partial charge in [0.2, 0.25) is 5.91 Å². The Labute approximate surface area is 204 Å². The van der Waals surface area contributed by atoms with Crippen molar-refractivity contribution in [3.05, 3.63) is 59.7 Å². The standard InChI is InChI=1S/C26H31N3O6/c30-18(14-24(31)29-11-5-10-28(12-13-29)16-25(32)33)15-27-26(34)35-17-23-21-8-3-1-6-19(21)20-7-2-4-9-22(20)23/h1-4,6-9,18,23,30H,5,10-17H2,(H,27,34)(H,32,33). The molecule has 4 rings (SSSR count). The van der Waals surface area contributed by atoms with Crippen LogP contribution in [0, 0.1) is 0 Å². The summed E-state index contributed by atoms with van der Waals surface area (Å²) in [5.41, 5.74) is 4.52. The number of benzene rings is 2. The summed E-state index contributed by atoms with van der Waals surface area (Å²) in [5.74, 6) is -1.16. The first-order valence-electron chi connectivity index (χ1n) is 11.9. The average molecular weight is 482 g/mol. The van der Waals surface area contributed by atoms with Gasteiger partial charge in [-0.15, -0.1) is 0 Å². The molecule has 1 aliphatic carbocycles. The summed E-state index contributed by atoms with van der Waals surface area (Å²) >= 11 is 0. The minimum Gasteiger partial charge on any atom is -0.480 e. The minimum absolute atomic E-state index is 0.0469. The number of nitrogens with one attached hydrogen (secondary N) is 1. The number of aliphatic hydroxyl groups is 1. The lowest BCUT2D eigenvalue weighted by Gasteiger charge is -2.22. The lowest BCUT2D eigenvalue weighted by Crippen LogP contribution is -2.40. The molecule has 0 aromatic heterocycles. The third-order valence-electron chi connectivity index (χ3n) is 6.54. The van der Waals surface area contributed by atoms with Gasteiger partial charge in [-0.2, -0.15) is 0 Å². The van der Waals surface area contributed by atoms with Crippen LogP contribution in [0.2, 0.25) is 0 Å². The molecule has 3 N–H and O–H groups in total. The van der Waals surface area contributed by atoms with Gasteiger partial charge in [-0.3, -0.25) is 14.5 Å². The van der Waals surface area contributed by atoms with E-state index >= 15 is 0 Å². The summed E-state index contributed by atoms with van der Waals surface area (Å²) in [7, 11) is 0. The normalized spacial score (nSPS) is 16.7. The molecule has 9 nitrogen and oxygen atoms in total. The van der Waals surface area contributed by atoms with Crippen molar-refractivity contribution in [2.45, 2.75) is 24.9 Å². The highest BCUT2D eigenvalue weighted by Crippen LogP contribution is 2.44. The van der Waals surface area contributed by atoms with E-state index in [0.717, 1.165) is 22.3 Å². The van der Waals surface area contributed by atoms with Crippen LogP contribution < -0.4 is 5.32 Å². The van der Waals surface area contributed by atoms with Gasteiger partial charge in [-0.1, -0.05) is 48.5 Å². The molecular weight excluding hydrogens is 450 g/mol. The molecule has 1 heterocycles. The molecule has 1 unspecified atom stereocenters. The Morgan fingerprint density at radius 1 is 0.971 bits per heavy atom. The van der Waals surface area contributed by atoms with Crippen molar-refractivity contribution >= 4 is 18.0 Å². The van der Waals surface area contributed by atoms with Gasteiger partial charge >= 0.3 is 12.1 Å². The maximum absolute atomic E-state index is 12.6. The molecule has 1 saturated heterocycles. The lowest BCUT2D eigenvalue weighted by molar-refractivity contribution is -0.138. The fraction of sp³-hybridized carbons (Fsp3) is 0.423. The van der Waals surface area contributed by atoms with Crippen LogP contribution in [0.1, 0.15) is 29.9 Å². The molecular formula is C26H31N3O6. The Morgan fingerprint density at radius 2 is 1.63 bits per heavy atom. The number of hydrogen-bond acceptors (Lipinski definition) is 6. The lowest BCUT2D eigenvalue weighted by atomic mass is 9.98. The molecule has 2 aliphatic rings. The van der Waals surface area contributed by atoms with Crippen LogP contribution >= 0.6 is 0 Å². The summed E-state index contributed by atoms with van der Waals surface area (Å²) < 4.78 is 5.46. The van der Waals surface area contributed by atoms with Gasteiger partial charge in [0, 0.05) is 38.6 Å². The smallest absolute Gasteiger partial charge is 0.407 e. The monoisotopic (exact) mass is 481 g/mol. The molecule has 1 aliphatic heterocycles. The van der Waals surface area contributed by atoms with Crippen molar-refractivity contribution in [3.8, 4) is 11.1 Å². The van der Waals surface area contributed by atoms with Crippen LogP contribution in [-0.2, 0) is 14.3 Å².